The van der Waals surface area contributed by atoms with Gasteiger partial charge in [-0.05, 0) is 73.8 Å². The zero-order valence-electron chi connectivity index (χ0n) is 15.1. The number of anilines is 1. The van der Waals surface area contributed by atoms with Crippen molar-refractivity contribution in [3.63, 3.8) is 0 Å². The second kappa shape index (κ2) is 7.16. The summed E-state index contributed by atoms with van der Waals surface area (Å²) in [6.07, 6.45) is 4.64. The molecule has 1 aliphatic carbocycles. The summed E-state index contributed by atoms with van der Waals surface area (Å²) in [4.78, 5) is 0. The molecule has 1 saturated heterocycles. The smallest absolute Gasteiger partial charge is 0.123 e. The van der Waals surface area contributed by atoms with Gasteiger partial charge in [0.1, 0.15) is 11.6 Å². The van der Waals surface area contributed by atoms with Crippen LogP contribution in [0.15, 0.2) is 71.6 Å². The molecule has 0 bridgehead atoms. The molecule has 0 radical (unpaired) electrons. The Hall–Kier alpha value is -2.66. The van der Waals surface area contributed by atoms with E-state index < -0.39 is 0 Å². The molecule has 0 amide bonds. The van der Waals surface area contributed by atoms with E-state index in [1.165, 1.54) is 29.8 Å². The van der Waals surface area contributed by atoms with Crippen LogP contribution >= 0.6 is 0 Å². The summed E-state index contributed by atoms with van der Waals surface area (Å²) < 4.78 is 26.4. The topological polar surface area (TPSA) is 50.1 Å². The first-order valence-corrected chi connectivity index (χ1v) is 9.22. The zero-order valence-corrected chi connectivity index (χ0v) is 15.1. The van der Waals surface area contributed by atoms with Crippen molar-refractivity contribution in [2.45, 2.75) is 19.3 Å². The molecule has 1 atom stereocenters. The van der Waals surface area contributed by atoms with Crippen LogP contribution < -0.4 is 16.4 Å². The zero-order chi connectivity index (χ0) is 18.9. The molecular weight excluding hydrogens is 344 g/mol. The van der Waals surface area contributed by atoms with E-state index in [-0.39, 0.29) is 17.0 Å². The van der Waals surface area contributed by atoms with Crippen molar-refractivity contribution in [3.05, 3.63) is 88.8 Å². The van der Waals surface area contributed by atoms with Crippen LogP contribution in [0.4, 0.5) is 14.5 Å². The van der Waals surface area contributed by atoms with Crippen LogP contribution in [0.3, 0.4) is 0 Å². The number of rotatable bonds is 4. The van der Waals surface area contributed by atoms with E-state index >= 15 is 0 Å². The first-order chi connectivity index (χ1) is 13.0. The molecule has 4 N–H and O–H groups in total. The van der Waals surface area contributed by atoms with Gasteiger partial charge in [0, 0.05) is 23.3 Å². The summed E-state index contributed by atoms with van der Waals surface area (Å²) in [5, 5.41) is 6.81. The van der Waals surface area contributed by atoms with Crippen molar-refractivity contribution in [2.24, 2.45) is 11.1 Å². The molecule has 2 aromatic carbocycles. The van der Waals surface area contributed by atoms with Crippen LogP contribution in [0.2, 0.25) is 0 Å². The van der Waals surface area contributed by atoms with E-state index in [4.69, 9.17) is 5.73 Å². The molecule has 4 rings (SSSR count). The van der Waals surface area contributed by atoms with Crippen LogP contribution in [0.25, 0.3) is 0 Å². The van der Waals surface area contributed by atoms with Gasteiger partial charge in [-0.25, -0.2) is 8.78 Å². The van der Waals surface area contributed by atoms with Crippen LogP contribution in [0, 0.1) is 17.0 Å². The second-order valence-corrected chi connectivity index (χ2v) is 7.43. The maximum Gasteiger partial charge on any atom is 0.123 e. The molecular formula is C22H23F2N3. The summed E-state index contributed by atoms with van der Waals surface area (Å²) in [6.45, 7) is 1.78. The number of piperidine rings is 1. The van der Waals surface area contributed by atoms with E-state index in [0.29, 0.717) is 0 Å². The van der Waals surface area contributed by atoms with Gasteiger partial charge in [-0.3, -0.25) is 0 Å². The number of fused-ring (bicyclic) bond motifs is 1. The predicted octanol–water partition coefficient (Wildman–Crippen LogP) is 4.10. The molecule has 2 aromatic rings. The molecule has 1 fully saturated rings. The van der Waals surface area contributed by atoms with Gasteiger partial charge < -0.3 is 16.4 Å². The lowest BCUT2D eigenvalue weighted by Gasteiger charge is -2.43. The van der Waals surface area contributed by atoms with Crippen molar-refractivity contribution in [1.29, 1.82) is 0 Å². The molecule has 27 heavy (non-hydrogen) atoms. The van der Waals surface area contributed by atoms with E-state index in [0.717, 1.165) is 55.0 Å². The number of halogens is 2. The minimum atomic E-state index is -0.263. The molecule has 0 saturated carbocycles. The maximum absolute atomic E-state index is 13.3. The van der Waals surface area contributed by atoms with Gasteiger partial charge in [0.05, 0.1) is 5.70 Å². The van der Waals surface area contributed by atoms with Crippen LogP contribution in [-0.4, -0.2) is 13.1 Å². The standard InChI is InChI=1S/C22H23F2N3/c23-17-3-1-15(2-4-17)12-22-13-20(25)21(11-16(22)9-10-26-14-22)27-19-7-5-18(24)6-8-19/h1-8,11,26-27H,9-10,12-14,25H2. The molecule has 1 unspecified atom stereocenters. The fraction of sp³-hybridized carbons (Fsp3) is 0.273. The van der Waals surface area contributed by atoms with Crippen molar-refractivity contribution in [1.82, 2.24) is 5.32 Å². The van der Waals surface area contributed by atoms with Crippen LogP contribution in [-0.2, 0) is 6.42 Å². The normalized spacial score (nSPS) is 22.2. The third-order valence-corrected chi connectivity index (χ3v) is 5.49. The molecule has 3 nitrogen and oxygen atoms in total. The van der Waals surface area contributed by atoms with Crippen molar-refractivity contribution >= 4 is 5.69 Å². The molecule has 2 aliphatic rings. The van der Waals surface area contributed by atoms with E-state index in [1.54, 1.807) is 12.1 Å². The number of hydrogen-bond acceptors (Lipinski definition) is 3. The lowest BCUT2D eigenvalue weighted by Crippen LogP contribution is -2.46. The fourth-order valence-corrected chi connectivity index (χ4v) is 4.09. The highest BCUT2D eigenvalue weighted by Crippen LogP contribution is 2.44. The van der Waals surface area contributed by atoms with Crippen LogP contribution in [0.1, 0.15) is 18.4 Å². The van der Waals surface area contributed by atoms with Crippen molar-refractivity contribution in [3.8, 4) is 0 Å². The van der Waals surface area contributed by atoms with Gasteiger partial charge in [-0.2, -0.15) is 0 Å². The Labute approximate surface area is 158 Å². The number of allylic oxidation sites excluding steroid dienone is 2. The Morgan fingerprint density at radius 3 is 2.37 bits per heavy atom. The molecule has 140 valence electrons. The van der Waals surface area contributed by atoms with E-state index in [2.05, 4.69) is 16.7 Å². The van der Waals surface area contributed by atoms with Crippen molar-refractivity contribution in [2.75, 3.05) is 18.4 Å². The SMILES string of the molecule is NC1=C(Nc2ccc(F)cc2)C=C2CCNCC2(Cc2ccc(F)cc2)C1. The Morgan fingerprint density at radius 2 is 1.67 bits per heavy atom. The lowest BCUT2D eigenvalue weighted by molar-refractivity contribution is 0.281. The fourth-order valence-electron chi connectivity index (χ4n) is 4.09. The third kappa shape index (κ3) is 3.74. The average molecular weight is 367 g/mol. The number of nitrogens with two attached hydrogens (primary N) is 1. The summed E-state index contributed by atoms with van der Waals surface area (Å²) in [5.41, 5.74) is 11.3. The Morgan fingerprint density at radius 1 is 1.00 bits per heavy atom. The third-order valence-electron chi connectivity index (χ3n) is 5.49. The highest BCUT2D eigenvalue weighted by molar-refractivity contribution is 5.54. The molecule has 0 aromatic heterocycles. The summed E-state index contributed by atoms with van der Waals surface area (Å²) in [6, 6.07) is 13.0. The first kappa shape index (κ1) is 17.7. The summed E-state index contributed by atoms with van der Waals surface area (Å²) in [7, 11) is 0. The van der Waals surface area contributed by atoms with Gasteiger partial charge >= 0.3 is 0 Å². The van der Waals surface area contributed by atoms with Crippen molar-refractivity contribution < 1.29 is 8.78 Å². The van der Waals surface area contributed by atoms with Gasteiger partial charge in [0.2, 0.25) is 0 Å². The first-order valence-electron chi connectivity index (χ1n) is 9.22. The van der Waals surface area contributed by atoms with Crippen LogP contribution in [0.5, 0.6) is 0 Å². The Kier molecular flexibility index (Phi) is 4.70. The van der Waals surface area contributed by atoms with Gasteiger partial charge in [-0.15, -0.1) is 0 Å². The molecule has 1 aliphatic heterocycles. The largest absolute Gasteiger partial charge is 0.400 e. The monoisotopic (exact) mass is 367 g/mol. The Balaban J connectivity index is 1.60. The average Bonchev–Trinajstić information content (AvgIpc) is 2.66. The maximum atomic E-state index is 13.3. The second-order valence-electron chi connectivity index (χ2n) is 7.43. The predicted molar refractivity (Wildman–Crippen MR) is 104 cm³/mol. The minimum Gasteiger partial charge on any atom is -0.400 e. The summed E-state index contributed by atoms with van der Waals surface area (Å²) >= 11 is 0. The quantitative estimate of drug-likeness (QED) is 0.763. The molecule has 0 spiro atoms. The number of hydrogen-bond donors (Lipinski definition) is 3. The highest BCUT2D eigenvalue weighted by atomic mass is 19.1. The van der Waals surface area contributed by atoms with E-state index in [1.807, 2.05) is 12.1 Å². The number of nitrogens with one attached hydrogen (secondary N) is 2. The Bertz CT molecular complexity index is 885. The van der Waals surface area contributed by atoms with Gasteiger partial charge in [0.25, 0.3) is 0 Å². The number of benzene rings is 2. The van der Waals surface area contributed by atoms with E-state index in [9.17, 15) is 8.78 Å². The lowest BCUT2D eigenvalue weighted by atomic mass is 9.66. The molecule has 5 heteroatoms. The molecule has 1 heterocycles. The van der Waals surface area contributed by atoms with Gasteiger partial charge in [0.15, 0.2) is 0 Å². The summed E-state index contributed by atoms with van der Waals surface area (Å²) in [5.74, 6) is -0.483. The highest BCUT2D eigenvalue weighted by Gasteiger charge is 2.39. The minimum absolute atomic E-state index is 0.0891. The van der Waals surface area contributed by atoms with Gasteiger partial charge in [-0.1, -0.05) is 17.7 Å².